The third kappa shape index (κ3) is 4.53. The minimum absolute atomic E-state index is 0.0978. The lowest BCUT2D eigenvalue weighted by Crippen LogP contribution is -2.30. The first-order valence-corrected chi connectivity index (χ1v) is 7.47. The smallest absolute Gasteiger partial charge is 0.144 e. The Kier molecular flexibility index (Phi) is 6.40. The highest BCUT2D eigenvalue weighted by Crippen LogP contribution is 2.22. The molecule has 1 aromatic rings. The van der Waals surface area contributed by atoms with Gasteiger partial charge in [-0.1, -0.05) is 27.7 Å². The number of rotatable bonds is 6. The summed E-state index contributed by atoms with van der Waals surface area (Å²) in [5.41, 5.74) is 0.0978. The fourth-order valence-corrected chi connectivity index (χ4v) is 2.71. The molecule has 0 saturated heterocycles. The standard InChI is InChI=1S/C15H22BrF2N/c1-9(2)11(10(3)4)7-19-8-12-14(17)6-5-13(16)15(12)18/h5-6,9-11,19H,7-8H2,1-4H3. The van der Waals surface area contributed by atoms with Crippen molar-refractivity contribution in [3.8, 4) is 0 Å². The Bertz CT molecular complexity index is 411. The Labute approximate surface area is 122 Å². The highest BCUT2D eigenvalue weighted by molar-refractivity contribution is 9.10. The van der Waals surface area contributed by atoms with Crippen molar-refractivity contribution in [3.05, 3.63) is 33.8 Å². The molecule has 0 aromatic heterocycles. The molecule has 0 amide bonds. The Hall–Kier alpha value is -0.480. The molecule has 0 fully saturated rings. The van der Waals surface area contributed by atoms with Crippen molar-refractivity contribution in [2.75, 3.05) is 6.54 Å². The van der Waals surface area contributed by atoms with E-state index in [2.05, 4.69) is 48.9 Å². The summed E-state index contributed by atoms with van der Waals surface area (Å²) in [6.45, 7) is 9.67. The molecule has 0 heterocycles. The van der Waals surface area contributed by atoms with Crippen LogP contribution in [0, 0.1) is 29.4 Å². The third-order valence-electron chi connectivity index (χ3n) is 3.53. The molecule has 0 atom stereocenters. The monoisotopic (exact) mass is 333 g/mol. The lowest BCUT2D eigenvalue weighted by atomic mass is 9.85. The zero-order valence-electron chi connectivity index (χ0n) is 11.9. The van der Waals surface area contributed by atoms with E-state index in [4.69, 9.17) is 0 Å². The van der Waals surface area contributed by atoms with Crippen LogP contribution in [0.4, 0.5) is 8.78 Å². The van der Waals surface area contributed by atoms with Gasteiger partial charge >= 0.3 is 0 Å². The Balaban J connectivity index is 2.65. The summed E-state index contributed by atoms with van der Waals surface area (Å²) in [5.74, 6) is 0.574. The van der Waals surface area contributed by atoms with Crippen LogP contribution in [0.3, 0.4) is 0 Å². The van der Waals surface area contributed by atoms with Gasteiger partial charge in [0.1, 0.15) is 11.6 Å². The second kappa shape index (κ2) is 7.34. The first-order valence-electron chi connectivity index (χ1n) is 6.67. The SMILES string of the molecule is CC(C)C(CNCc1c(F)ccc(Br)c1F)C(C)C. The van der Waals surface area contributed by atoms with Crippen molar-refractivity contribution in [3.63, 3.8) is 0 Å². The Morgan fingerprint density at radius 1 is 1.11 bits per heavy atom. The van der Waals surface area contributed by atoms with Gasteiger partial charge in [-0.15, -0.1) is 0 Å². The van der Waals surface area contributed by atoms with Gasteiger partial charge < -0.3 is 5.32 Å². The fourth-order valence-electron chi connectivity index (χ4n) is 2.34. The summed E-state index contributed by atoms with van der Waals surface area (Å²) in [6.07, 6.45) is 0. The van der Waals surface area contributed by atoms with Crippen LogP contribution >= 0.6 is 15.9 Å². The minimum Gasteiger partial charge on any atom is -0.312 e. The van der Waals surface area contributed by atoms with Gasteiger partial charge in [0, 0.05) is 12.1 Å². The van der Waals surface area contributed by atoms with Crippen molar-refractivity contribution in [1.82, 2.24) is 5.32 Å². The minimum atomic E-state index is -0.516. The van der Waals surface area contributed by atoms with E-state index in [0.717, 1.165) is 6.54 Å². The van der Waals surface area contributed by atoms with Crippen LogP contribution in [-0.2, 0) is 6.54 Å². The molecule has 4 heteroatoms. The van der Waals surface area contributed by atoms with E-state index in [1.807, 2.05) is 0 Å². The average molecular weight is 334 g/mol. The van der Waals surface area contributed by atoms with Gasteiger partial charge in [-0.05, 0) is 52.4 Å². The molecule has 0 aliphatic heterocycles. The van der Waals surface area contributed by atoms with Crippen molar-refractivity contribution >= 4 is 15.9 Å². The second-order valence-corrected chi connectivity index (χ2v) is 6.46. The average Bonchev–Trinajstić information content (AvgIpc) is 2.32. The van der Waals surface area contributed by atoms with Gasteiger partial charge in [0.2, 0.25) is 0 Å². The van der Waals surface area contributed by atoms with Crippen molar-refractivity contribution in [2.45, 2.75) is 34.2 Å². The third-order valence-corrected chi connectivity index (χ3v) is 4.15. The van der Waals surface area contributed by atoms with Crippen LogP contribution in [0.5, 0.6) is 0 Å². The van der Waals surface area contributed by atoms with E-state index in [-0.39, 0.29) is 12.1 Å². The van der Waals surface area contributed by atoms with E-state index in [1.165, 1.54) is 12.1 Å². The number of halogens is 3. The van der Waals surface area contributed by atoms with Crippen molar-refractivity contribution < 1.29 is 8.78 Å². The van der Waals surface area contributed by atoms with Crippen LogP contribution in [0.15, 0.2) is 16.6 Å². The molecule has 0 bridgehead atoms. The van der Waals surface area contributed by atoms with Crippen LogP contribution in [0.1, 0.15) is 33.3 Å². The van der Waals surface area contributed by atoms with E-state index >= 15 is 0 Å². The van der Waals surface area contributed by atoms with Crippen molar-refractivity contribution in [2.24, 2.45) is 17.8 Å². The molecule has 0 spiro atoms. The van der Waals surface area contributed by atoms with Crippen LogP contribution in [0.2, 0.25) is 0 Å². The maximum atomic E-state index is 13.8. The van der Waals surface area contributed by atoms with Gasteiger partial charge in [-0.3, -0.25) is 0 Å². The molecule has 0 saturated carbocycles. The first kappa shape index (κ1) is 16.6. The number of hydrogen-bond donors (Lipinski definition) is 1. The summed E-state index contributed by atoms with van der Waals surface area (Å²) in [5, 5.41) is 3.17. The molecule has 1 nitrogen and oxygen atoms in total. The summed E-state index contributed by atoms with van der Waals surface area (Å²) >= 11 is 3.08. The topological polar surface area (TPSA) is 12.0 Å². The number of nitrogens with one attached hydrogen (secondary N) is 1. The van der Waals surface area contributed by atoms with Gasteiger partial charge in [-0.2, -0.15) is 0 Å². The molecule has 1 aromatic carbocycles. The second-order valence-electron chi connectivity index (χ2n) is 5.60. The van der Waals surface area contributed by atoms with Crippen LogP contribution in [-0.4, -0.2) is 6.54 Å². The predicted molar refractivity (Wildman–Crippen MR) is 78.9 cm³/mol. The van der Waals surface area contributed by atoms with Crippen LogP contribution < -0.4 is 5.32 Å². The molecule has 0 unspecified atom stereocenters. The fraction of sp³-hybridized carbons (Fsp3) is 0.600. The number of benzene rings is 1. The maximum absolute atomic E-state index is 13.8. The molecule has 0 aliphatic carbocycles. The maximum Gasteiger partial charge on any atom is 0.144 e. The van der Waals surface area contributed by atoms with Crippen molar-refractivity contribution in [1.29, 1.82) is 0 Å². The molecule has 19 heavy (non-hydrogen) atoms. The van der Waals surface area contributed by atoms with Gasteiger partial charge in [0.15, 0.2) is 0 Å². The predicted octanol–water partition coefficient (Wildman–Crippen LogP) is 4.75. The summed E-state index contributed by atoms with van der Waals surface area (Å²) in [6, 6.07) is 2.67. The zero-order valence-corrected chi connectivity index (χ0v) is 13.5. The van der Waals surface area contributed by atoms with Gasteiger partial charge in [-0.25, -0.2) is 8.78 Å². The highest BCUT2D eigenvalue weighted by Gasteiger charge is 2.18. The lowest BCUT2D eigenvalue weighted by Gasteiger charge is -2.25. The number of hydrogen-bond acceptors (Lipinski definition) is 1. The van der Waals surface area contributed by atoms with Crippen LogP contribution in [0.25, 0.3) is 0 Å². The zero-order chi connectivity index (χ0) is 14.6. The molecule has 1 N–H and O–H groups in total. The largest absolute Gasteiger partial charge is 0.312 e. The van der Waals surface area contributed by atoms with E-state index in [0.29, 0.717) is 22.2 Å². The molecule has 0 radical (unpaired) electrons. The summed E-state index contributed by atoms with van der Waals surface area (Å²) in [7, 11) is 0. The molecule has 108 valence electrons. The molecule has 0 aliphatic rings. The lowest BCUT2D eigenvalue weighted by molar-refractivity contribution is 0.274. The highest BCUT2D eigenvalue weighted by atomic mass is 79.9. The van der Waals surface area contributed by atoms with Gasteiger partial charge in [0.25, 0.3) is 0 Å². The summed E-state index contributed by atoms with van der Waals surface area (Å²) < 4.78 is 27.6. The molecular weight excluding hydrogens is 312 g/mol. The first-order chi connectivity index (χ1) is 8.84. The molecular formula is C15H22BrF2N. The normalized spacial score (nSPS) is 11.9. The molecule has 1 rings (SSSR count). The van der Waals surface area contributed by atoms with E-state index in [1.54, 1.807) is 0 Å². The van der Waals surface area contributed by atoms with E-state index in [9.17, 15) is 8.78 Å². The Morgan fingerprint density at radius 2 is 1.68 bits per heavy atom. The quantitative estimate of drug-likeness (QED) is 0.741. The van der Waals surface area contributed by atoms with E-state index < -0.39 is 11.6 Å². The Morgan fingerprint density at radius 3 is 2.21 bits per heavy atom. The summed E-state index contributed by atoms with van der Waals surface area (Å²) in [4.78, 5) is 0. The van der Waals surface area contributed by atoms with Gasteiger partial charge in [0.05, 0.1) is 4.47 Å².